The van der Waals surface area contributed by atoms with Gasteiger partial charge in [0.25, 0.3) is 0 Å². The number of aliphatic hydroxyl groups excluding tert-OH is 1. The summed E-state index contributed by atoms with van der Waals surface area (Å²) in [6.07, 6.45) is 1.31. The maximum absolute atomic E-state index is 12.4. The predicted octanol–water partition coefficient (Wildman–Crippen LogP) is 1.40. The Morgan fingerprint density at radius 3 is 2.53 bits per heavy atom. The average Bonchev–Trinajstić information content (AvgIpc) is 2.41. The Kier molecular flexibility index (Phi) is 5.99. The first kappa shape index (κ1) is 15.7. The lowest BCUT2D eigenvalue weighted by atomic mass is 9.92. The quantitative estimate of drug-likeness (QED) is 0.696. The van der Waals surface area contributed by atoms with E-state index in [-0.39, 0.29) is 30.5 Å². The molecule has 0 saturated heterocycles. The molecule has 0 aliphatic carbocycles. The summed E-state index contributed by atoms with van der Waals surface area (Å²) in [7, 11) is 0. The zero-order chi connectivity index (χ0) is 14.3. The molecule has 1 aromatic rings. The van der Waals surface area contributed by atoms with E-state index in [4.69, 9.17) is 10.8 Å². The number of hydrogen-bond acceptors (Lipinski definition) is 3. The number of amides is 1. The Labute approximate surface area is 115 Å². The van der Waals surface area contributed by atoms with Gasteiger partial charge in [0.15, 0.2) is 0 Å². The fraction of sp³-hybridized carbons (Fsp3) is 0.533. The van der Waals surface area contributed by atoms with Gasteiger partial charge in [0.05, 0.1) is 5.92 Å². The van der Waals surface area contributed by atoms with Gasteiger partial charge in [-0.15, -0.1) is 0 Å². The minimum atomic E-state index is -0.381. The number of nitrogens with two attached hydrogens (primary N) is 1. The molecule has 4 heteroatoms. The van der Waals surface area contributed by atoms with Crippen molar-refractivity contribution in [3.63, 3.8) is 0 Å². The van der Waals surface area contributed by atoms with E-state index in [1.807, 2.05) is 44.2 Å². The molecule has 2 unspecified atom stereocenters. The highest BCUT2D eigenvalue weighted by Crippen LogP contribution is 2.19. The molecular formula is C15H24N2O2. The maximum atomic E-state index is 12.4. The lowest BCUT2D eigenvalue weighted by Crippen LogP contribution is -2.49. The highest BCUT2D eigenvalue weighted by atomic mass is 16.3. The molecule has 106 valence electrons. The van der Waals surface area contributed by atoms with Gasteiger partial charge in [-0.25, -0.2) is 0 Å². The molecule has 0 heterocycles. The molecule has 0 aromatic heterocycles. The van der Waals surface area contributed by atoms with Crippen molar-refractivity contribution in [1.82, 2.24) is 5.32 Å². The van der Waals surface area contributed by atoms with Gasteiger partial charge in [0.2, 0.25) is 5.91 Å². The smallest absolute Gasteiger partial charge is 0.229 e. The second-order valence-corrected chi connectivity index (χ2v) is 5.08. The predicted molar refractivity (Wildman–Crippen MR) is 76.8 cm³/mol. The number of hydrogen-bond donors (Lipinski definition) is 3. The molecule has 0 bridgehead atoms. The van der Waals surface area contributed by atoms with E-state index >= 15 is 0 Å². The molecule has 1 aromatic carbocycles. The van der Waals surface area contributed by atoms with E-state index in [1.165, 1.54) is 0 Å². The molecule has 2 atom stereocenters. The molecule has 4 N–H and O–H groups in total. The van der Waals surface area contributed by atoms with Crippen LogP contribution in [0.4, 0.5) is 0 Å². The van der Waals surface area contributed by atoms with Crippen molar-refractivity contribution in [3.8, 4) is 0 Å². The van der Waals surface area contributed by atoms with Crippen LogP contribution < -0.4 is 11.1 Å². The van der Waals surface area contributed by atoms with Crippen LogP contribution in [0.5, 0.6) is 0 Å². The first-order chi connectivity index (χ1) is 9.06. The summed E-state index contributed by atoms with van der Waals surface area (Å²) in [5, 5.41) is 12.1. The monoisotopic (exact) mass is 264 g/mol. The van der Waals surface area contributed by atoms with Gasteiger partial charge < -0.3 is 16.2 Å². The molecule has 1 amide bonds. The minimum Gasteiger partial charge on any atom is -0.396 e. The number of rotatable bonds is 7. The molecule has 0 fully saturated rings. The highest BCUT2D eigenvalue weighted by molar-refractivity contribution is 5.84. The van der Waals surface area contributed by atoms with Crippen LogP contribution in [-0.2, 0) is 4.79 Å². The van der Waals surface area contributed by atoms with Gasteiger partial charge in [-0.05, 0) is 25.3 Å². The van der Waals surface area contributed by atoms with Gasteiger partial charge in [0, 0.05) is 18.7 Å². The minimum absolute atomic E-state index is 0.0588. The molecule has 0 saturated carbocycles. The van der Waals surface area contributed by atoms with Crippen molar-refractivity contribution < 1.29 is 9.90 Å². The normalized spacial score (nSPS) is 15.6. The first-order valence-corrected chi connectivity index (χ1v) is 6.74. The number of carbonyl (C=O) groups is 1. The van der Waals surface area contributed by atoms with Gasteiger partial charge in [-0.2, -0.15) is 0 Å². The van der Waals surface area contributed by atoms with Crippen LogP contribution in [0.1, 0.15) is 38.2 Å². The van der Waals surface area contributed by atoms with E-state index < -0.39 is 0 Å². The second kappa shape index (κ2) is 7.26. The largest absolute Gasteiger partial charge is 0.396 e. The van der Waals surface area contributed by atoms with Crippen LogP contribution >= 0.6 is 0 Å². The second-order valence-electron chi connectivity index (χ2n) is 5.08. The molecule has 4 nitrogen and oxygen atoms in total. The molecule has 0 aliphatic rings. The van der Waals surface area contributed by atoms with E-state index in [0.29, 0.717) is 6.42 Å². The van der Waals surface area contributed by atoms with Gasteiger partial charge in [-0.1, -0.05) is 37.3 Å². The fourth-order valence-electron chi connectivity index (χ4n) is 2.04. The van der Waals surface area contributed by atoms with Crippen molar-refractivity contribution in [2.24, 2.45) is 5.73 Å². The van der Waals surface area contributed by atoms with E-state index in [0.717, 1.165) is 12.0 Å². The van der Waals surface area contributed by atoms with E-state index in [9.17, 15) is 4.79 Å². The van der Waals surface area contributed by atoms with Crippen LogP contribution in [-0.4, -0.2) is 29.7 Å². The van der Waals surface area contributed by atoms with Gasteiger partial charge in [0.1, 0.15) is 0 Å². The van der Waals surface area contributed by atoms with E-state index in [1.54, 1.807) is 0 Å². The number of benzene rings is 1. The maximum Gasteiger partial charge on any atom is 0.229 e. The lowest BCUT2D eigenvalue weighted by Gasteiger charge is -2.31. The standard InChI is InChI=1S/C15H24N2O2/c1-3-15(2,9-10-18)17-14(19)13(11-16)12-7-5-4-6-8-12/h4-8,13,18H,3,9-11,16H2,1-2H3,(H,17,19). The zero-order valence-corrected chi connectivity index (χ0v) is 11.7. The summed E-state index contributed by atoms with van der Waals surface area (Å²) in [6.45, 7) is 4.27. The van der Waals surface area contributed by atoms with Crippen LogP contribution in [0, 0.1) is 0 Å². The van der Waals surface area contributed by atoms with E-state index in [2.05, 4.69) is 5.32 Å². The zero-order valence-electron chi connectivity index (χ0n) is 11.7. The molecule has 0 radical (unpaired) electrons. The Morgan fingerprint density at radius 1 is 1.42 bits per heavy atom. The third kappa shape index (κ3) is 4.33. The summed E-state index contributed by atoms with van der Waals surface area (Å²) < 4.78 is 0. The lowest BCUT2D eigenvalue weighted by molar-refractivity contribution is -0.124. The summed E-state index contributed by atoms with van der Waals surface area (Å²) in [5.74, 6) is -0.419. The van der Waals surface area contributed by atoms with Gasteiger partial charge >= 0.3 is 0 Å². The number of nitrogens with one attached hydrogen (secondary N) is 1. The van der Waals surface area contributed by atoms with Gasteiger partial charge in [-0.3, -0.25) is 4.79 Å². The van der Waals surface area contributed by atoms with Crippen LogP contribution in [0.3, 0.4) is 0 Å². The Hall–Kier alpha value is -1.39. The van der Waals surface area contributed by atoms with Crippen molar-refractivity contribution in [1.29, 1.82) is 0 Å². The van der Waals surface area contributed by atoms with Crippen molar-refractivity contribution in [3.05, 3.63) is 35.9 Å². The Bertz CT molecular complexity index is 394. The number of aliphatic hydroxyl groups is 1. The fourth-order valence-corrected chi connectivity index (χ4v) is 2.04. The van der Waals surface area contributed by atoms with Crippen molar-refractivity contribution in [2.75, 3.05) is 13.2 Å². The Balaban J connectivity index is 2.80. The molecule has 0 spiro atoms. The summed E-state index contributed by atoms with van der Waals surface area (Å²) in [4.78, 5) is 12.4. The number of carbonyl (C=O) groups excluding carboxylic acids is 1. The molecular weight excluding hydrogens is 240 g/mol. The van der Waals surface area contributed by atoms with Crippen molar-refractivity contribution >= 4 is 5.91 Å². The Morgan fingerprint density at radius 2 is 2.05 bits per heavy atom. The first-order valence-electron chi connectivity index (χ1n) is 6.74. The molecule has 19 heavy (non-hydrogen) atoms. The molecule has 1 rings (SSSR count). The third-order valence-electron chi connectivity index (χ3n) is 3.62. The van der Waals surface area contributed by atoms with Crippen molar-refractivity contribution in [2.45, 2.75) is 38.1 Å². The topological polar surface area (TPSA) is 75.3 Å². The third-order valence-corrected chi connectivity index (χ3v) is 3.62. The van der Waals surface area contributed by atoms with Crippen LogP contribution in [0.25, 0.3) is 0 Å². The highest BCUT2D eigenvalue weighted by Gasteiger charge is 2.27. The summed E-state index contributed by atoms with van der Waals surface area (Å²) in [6, 6.07) is 9.53. The van der Waals surface area contributed by atoms with Crippen LogP contribution in [0.2, 0.25) is 0 Å². The average molecular weight is 264 g/mol. The summed E-state index contributed by atoms with van der Waals surface area (Å²) in [5.41, 5.74) is 6.27. The molecule has 0 aliphatic heterocycles. The summed E-state index contributed by atoms with van der Waals surface area (Å²) >= 11 is 0. The SMILES string of the molecule is CCC(C)(CCO)NC(=O)C(CN)c1ccccc1. The van der Waals surface area contributed by atoms with Crippen LogP contribution in [0.15, 0.2) is 30.3 Å².